The molecule has 2 rings (SSSR count). The minimum absolute atomic E-state index is 0.0949. The zero-order chi connectivity index (χ0) is 10.8. The van der Waals surface area contributed by atoms with Crippen LogP contribution in [-0.4, -0.2) is 15.0 Å². The Kier molecular flexibility index (Phi) is 2.39. The molecule has 0 unspecified atom stereocenters. The summed E-state index contributed by atoms with van der Waals surface area (Å²) in [6.07, 6.45) is 0. The number of hydrogen-bond acceptors (Lipinski definition) is 5. The van der Waals surface area contributed by atoms with Crippen LogP contribution in [0.3, 0.4) is 0 Å². The monoisotopic (exact) mass is 221 g/mol. The number of halogens is 1. The molecule has 1 aromatic carbocycles. The van der Waals surface area contributed by atoms with Gasteiger partial charge >= 0.3 is 0 Å². The molecule has 0 saturated heterocycles. The van der Waals surface area contributed by atoms with Gasteiger partial charge in [0.1, 0.15) is 0 Å². The summed E-state index contributed by atoms with van der Waals surface area (Å²) >= 11 is 5.84. The molecule has 0 atom stereocenters. The standard InChI is InChI=1S/C9H8ClN5/c10-6-3-1-2-5(4-6)7-13-8(11)15-9(12)14-7/h1-4H,(H4,11,12,13,14,15). The lowest BCUT2D eigenvalue weighted by Gasteiger charge is -2.02. The lowest BCUT2D eigenvalue weighted by molar-refractivity contribution is 1.09. The van der Waals surface area contributed by atoms with Gasteiger partial charge < -0.3 is 11.5 Å². The van der Waals surface area contributed by atoms with E-state index < -0.39 is 0 Å². The number of hydrogen-bond donors (Lipinski definition) is 2. The Bertz CT molecular complexity index is 479. The highest BCUT2D eigenvalue weighted by atomic mass is 35.5. The fourth-order valence-electron chi connectivity index (χ4n) is 1.17. The van der Waals surface area contributed by atoms with Crippen molar-refractivity contribution < 1.29 is 0 Å². The average Bonchev–Trinajstić information content (AvgIpc) is 2.16. The molecular formula is C9H8ClN5. The summed E-state index contributed by atoms with van der Waals surface area (Å²) in [5, 5.41) is 0.602. The summed E-state index contributed by atoms with van der Waals surface area (Å²) in [5.74, 6) is 0.609. The van der Waals surface area contributed by atoms with Crippen molar-refractivity contribution in [3.8, 4) is 11.4 Å². The highest BCUT2D eigenvalue weighted by molar-refractivity contribution is 6.30. The van der Waals surface area contributed by atoms with Gasteiger partial charge in [0.05, 0.1) is 0 Å². The van der Waals surface area contributed by atoms with E-state index in [-0.39, 0.29) is 11.9 Å². The number of benzene rings is 1. The lowest BCUT2D eigenvalue weighted by atomic mass is 10.2. The summed E-state index contributed by atoms with van der Waals surface area (Å²) in [7, 11) is 0. The highest BCUT2D eigenvalue weighted by Crippen LogP contribution is 2.19. The molecule has 1 aromatic heterocycles. The lowest BCUT2D eigenvalue weighted by Crippen LogP contribution is -2.04. The third-order valence-corrected chi connectivity index (χ3v) is 1.99. The third kappa shape index (κ3) is 2.13. The van der Waals surface area contributed by atoms with E-state index in [2.05, 4.69) is 15.0 Å². The normalized spacial score (nSPS) is 10.2. The summed E-state index contributed by atoms with van der Waals surface area (Å²) in [6.45, 7) is 0. The molecule has 0 aliphatic heterocycles. The van der Waals surface area contributed by atoms with Gasteiger partial charge in [-0.3, -0.25) is 0 Å². The van der Waals surface area contributed by atoms with Crippen LogP contribution in [0.1, 0.15) is 0 Å². The molecule has 0 fully saturated rings. The predicted octanol–water partition coefficient (Wildman–Crippen LogP) is 1.36. The molecule has 15 heavy (non-hydrogen) atoms. The molecule has 0 radical (unpaired) electrons. The van der Waals surface area contributed by atoms with Crippen molar-refractivity contribution in [3.63, 3.8) is 0 Å². The first-order chi connectivity index (χ1) is 7.15. The Balaban J connectivity index is 2.54. The molecule has 6 heteroatoms. The van der Waals surface area contributed by atoms with Crippen LogP contribution in [0.15, 0.2) is 24.3 Å². The number of aromatic nitrogens is 3. The van der Waals surface area contributed by atoms with Gasteiger partial charge in [0.15, 0.2) is 5.82 Å². The second kappa shape index (κ2) is 3.70. The van der Waals surface area contributed by atoms with Crippen LogP contribution in [0.4, 0.5) is 11.9 Å². The molecular weight excluding hydrogens is 214 g/mol. The first kappa shape index (κ1) is 9.67. The molecule has 4 N–H and O–H groups in total. The summed E-state index contributed by atoms with van der Waals surface area (Å²) in [4.78, 5) is 11.6. The highest BCUT2D eigenvalue weighted by Gasteiger charge is 2.04. The maximum atomic E-state index is 5.84. The van der Waals surface area contributed by atoms with Crippen LogP contribution in [0.2, 0.25) is 5.02 Å². The van der Waals surface area contributed by atoms with Crippen LogP contribution >= 0.6 is 11.6 Å². The van der Waals surface area contributed by atoms with E-state index in [9.17, 15) is 0 Å². The van der Waals surface area contributed by atoms with Gasteiger partial charge in [-0.2, -0.15) is 15.0 Å². The van der Waals surface area contributed by atoms with Crippen molar-refractivity contribution in [1.29, 1.82) is 0 Å². The van der Waals surface area contributed by atoms with E-state index in [1.54, 1.807) is 18.2 Å². The molecule has 0 saturated carbocycles. The van der Waals surface area contributed by atoms with Gasteiger partial charge in [-0.05, 0) is 12.1 Å². The van der Waals surface area contributed by atoms with Gasteiger partial charge in [-0.1, -0.05) is 23.7 Å². The Morgan fingerprint density at radius 2 is 1.67 bits per heavy atom. The Morgan fingerprint density at radius 3 is 2.27 bits per heavy atom. The minimum atomic E-state index is 0.0949. The first-order valence-electron chi connectivity index (χ1n) is 4.18. The predicted molar refractivity (Wildman–Crippen MR) is 59.1 cm³/mol. The Labute approximate surface area is 91.1 Å². The van der Waals surface area contributed by atoms with Crippen LogP contribution < -0.4 is 11.5 Å². The van der Waals surface area contributed by atoms with Gasteiger partial charge in [-0.25, -0.2) is 0 Å². The van der Waals surface area contributed by atoms with Crippen molar-refractivity contribution in [2.75, 3.05) is 11.5 Å². The topological polar surface area (TPSA) is 90.7 Å². The SMILES string of the molecule is Nc1nc(N)nc(-c2cccc(Cl)c2)n1. The quantitative estimate of drug-likeness (QED) is 0.759. The van der Waals surface area contributed by atoms with E-state index in [0.29, 0.717) is 10.8 Å². The number of nitrogen functional groups attached to an aromatic ring is 2. The van der Waals surface area contributed by atoms with Crippen LogP contribution in [-0.2, 0) is 0 Å². The van der Waals surface area contributed by atoms with Crippen molar-refractivity contribution in [2.24, 2.45) is 0 Å². The number of rotatable bonds is 1. The molecule has 0 amide bonds. The fraction of sp³-hybridized carbons (Fsp3) is 0. The van der Waals surface area contributed by atoms with Crippen molar-refractivity contribution >= 4 is 23.5 Å². The molecule has 76 valence electrons. The minimum Gasteiger partial charge on any atom is -0.368 e. The van der Waals surface area contributed by atoms with Gasteiger partial charge in [0.2, 0.25) is 11.9 Å². The zero-order valence-corrected chi connectivity index (χ0v) is 8.44. The van der Waals surface area contributed by atoms with E-state index >= 15 is 0 Å². The number of nitrogens with two attached hydrogens (primary N) is 2. The smallest absolute Gasteiger partial charge is 0.225 e. The van der Waals surface area contributed by atoms with E-state index in [4.69, 9.17) is 23.1 Å². The Morgan fingerprint density at radius 1 is 1.00 bits per heavy atom. The second-order valence-corrected chi connectivity index (χ2v) is 3.32. The van der Waals surface area contributed by atoms with Crippen molar-refractivity contribution in [3.05, 3.63) is 29.3 Å². The van der Waals surface area contributed by atoms with Crippen molar-refractivity contribution in [2.45, 2.75) is 0 Å². The Hall–Kier alpha value is -1.88. The summed E-state index contributed by atoms with van der Waals surface area (Å²) in [5.41, 5.74) is 11.7. The first-order valence-corrected chi connectivity index (χ1v) is 4.56. The molecule has 0 aliphatic rings. The molecule has 0 bridgehead atoms. The van der Waals surface area contributed by atoms with Gasteiger partial charge in [0.25, 0.3) is 0 Å². The summed E-state index contributed by atoms with van der Waals surface area (Å²) in [6, 6.07) is 7.11. The van der Waals surface area contributed by atoms with E-state index in [1.165, 1.54) is 0 Å². The van der Waals surface area contributed by atoms with Crippen molar-refractivity contribution in [1.82, 2.24) is 15.0 Å². The molecule has 0 aliphatic carbocycles. The largest absolute Gasteiger partial charge is 0.368 e. The molecule has 0 spiro atoms. The maximum absolute atomic E-state index is 5.84. The van der Waals surface area contributed by atoms with E-state index in [1.807, 2.05) is 6.07 Å². The second-order valence-electron chi connectivity index (χ2n) is 2.89. The fourth-order valence-corrected chi connectivity index (χ4v) is 1.36. The number of nitrogens with zero attached hydrogens (tertiary/aromatic N) is 3. The average molecular weight is 222 g/mol. The number of anilines is 2. The third-order valence-electron chi connectivity index (χ3n) is 1.75. The molecule has 2 aromatic rings. The molecule has 5 nitrogen and oxygen atoms in total. The van der Waals surface area contributed by atoms with Gasteiger partial charge in [-0.15, -0.1) is 0 Å². The summed E-state index contributed by atoms with van der Waals surface area (Å²) < 4.78 is 0. The van der Waals surface area contributed by atoms with Crippen LogP contribution in [0.25, 0.3) is 11.4 Å². The molecule has 1 heterocycles. The van der Waals surface area contributed by atoms with E-state index in [0.717, 1.165) is 5.56 Å². The van der Waals surface area contributed by atoms with Crippen LogP contribution in [0.5, 0.6) is 0 Å². The maximum Gasteiger partial charge on any atom is 0.225 e. The van der Waals surface area contributed by atoms with Gasteiger partial charge in [0, 0.05) is 10.6 Å². The zero-order valence-electron chi connectivity index (χ0n) is 7.68. The van der Waals surface area contributed by atoms with Crippen LogP contribution in [0, 0.1) is 0 Å².